The molecule has 0 unspecified atom stereocenters. The van der Waals surface area contributed by atoms with E-state index in [1.165, 1.54) is 63.1 Å². The molecule has 0 aliphatic carbocycles. The molecular weight excluding hydrogens is 718 g/mol. The summed E-state index contributed by atoms with van der Waals surface area (Å²) in [7, 11) is 0. The van der Waals surface area contributed by atoms with Crippen molar-refractivity contribution in [1.29, 1.82) is 0 Å². The van der Waals surface area contributed by atoms with E-state index >= 15 is 0 Å². The van der Waals surface area contributed by atoms with Crippen LogP contribution < -0.4 is 26.2 Å². The Morgan fingerprint density at radius 2 is 0.982 bits per heavy atom. The monoisotopic (exact) mass is 749 g/mol. The lowest BCUT2D eigenvalue weighted by Crippen LogP contribution is -2.58. The largest absolute Gasteiger partial charge is 0.310 e. The van der Waals surface area contributed by atoms with Gasteiger partial charge in [-0.1, -0.05) is 126 Å². The van der Waals surface area contributed by atoms with Gasteiger partial charge >= 0.3 is 0 Å². The summed E-state index contributed by atoms with van der Waals surface area (Å²) in [6.45, 7) is 0.150. The number of hydrogen-bond acceptors (Lipinski definition) is 4. The molecule has 0 fully saturated rings. The zero-order chi connectivity index (χ0) is 36.7. The highest BCUT2D eigenvalue weighted by molar-refractivity contribution is 8.00. The summed E-state index contributed by atoms with van der Waals surface area (Å²) in [5.41, 5.74) is 14.9. The van der Waals surface area contributed by atoms with Crippen molar-refractivity contribution in [1.82, 2.24) is 4.57 Å². The Kier molecular flexibility index (Phi) is 7.13. The molecule has 2 aromatic heterocycles. The smallest absolute Gasteiger partial charge is 0.249 e. The first kappa shape index (κ1) is 31.8. The highest BCUT2D eigenvalue weighted by Gasteiger charge is 2.40. The van der Waals surface area contributed by atoms with Crippen LogP contribution in [0.25, 0.3) is 36.9 Å². The standard InChI is InChI=1S/C50H32BN3S2/c1-5-16-33(17-6-1)52(34-18-7-2-8-19-34)37-28-29-39-45(31-37)56-50-40-24-15-26-42-48(40)54(49(39)50)43-30-38(32-46-47(43)51(42)41-25-13-14-27-44(41)55-46)53(35-20-9-3-10-21-35)36-22-11-4-12-23-36/h1-32H. The fourth-order valence-corrected chi connectivity index (χ4v) is 11.5. The summed E-state index contributed by atoms with van der Waals surface area (Å²) in [5, 5.41) is 2.60. The average molecular weight is 750 g/mol. The first-order chi connectivity index (χ1) is 27.8. The van der Waals surface area contributed by atoms with Crippen LogP contribution in [-0.2, 0) is 0 Å². The van der Waals surface area contributed by atoms with Crippen molar-refractivity contribution >= 4 is 112 Å². The minimum atomic E-state index is 0.150. The van der Waals surface area contributed by atoms with Gasteiger partial charge in [0.1, 0.15) is 0 Å². The van der Waals surface area contributed by atoms with Crippen LogP contribution in [0.1, 0.15) is 0 Å². The quantitative estimate of drug-likeness (QED) is 0.157. The number of nitrogens with zero attached hydrogens (tertiary/aromatic N) is 3. The van der Waals surface area contributed by atoms with Crippen LogP contribution in [0.15, 0.2) is 204 Å². The van der Waals surface area contributed by atoms with Crippen molar-refractivity contribution in [3.8, 4) is 5.69 Å². The minimum Gasteiger partial charge on any atom is -0.310 e. The van der Waals surface area contributed by atoms with Gasteiger partial charge in [-0.15, -0.1) is 11.3 Å². The van der Waals surface area contributed by atoms with E-state index in [0.29, 0.717) is 0 Å². The summed E-state index contributed by atoms with van der Waals surface area (Å²) in [6.07, 6.45) is 0. The maximum absolute atomic E-state index is 2.62. The van der Waals surface area contributed by atoms with Gasteiger partial charge in [0.15, 0.2) is 0 Å². The number of rotatable bonds is 6. The Bertz CT molecular complexity index is 3040. The Morgan fingerprint density at radius 3 is 1.62 bits per heavy atom. The summed E-state index contributed by atoms with van der Waals surface area (Å²) in [6, 6.07) is 70.9. The molecule has 0 radical (unpaired) electrons. The SMILES string of the molecule is c1ccc(N(c2ccccc2)c2cc3c4c(c2)-n2c5c(cccc5c5sc6cc(N(c7ccccc7)c7ccccc7)ccc6c52)B4c2ccccc2S3)cc1. The molecule has 8 aromatic carbocycles. The van der Waals surface area contributed by atoms with E-state index in [0.717, 1.165) is 34.1 Å². The zero-order valence-electron chi connectivity index (χ0n) is 30.2. The predicted molar refractivity (Wildman–Crippen MR) is 241 cm³/mol. The van der Waals surface area contributed by atoms with Gasteiger partial charge in [0.2, 0.25) is 6.71 Å². The molecule has 0 spiro atoms. The molecule has 0 amide bonds. The highest BCUT2D eigenvalue weighted by atomic mass is 32.2. The molecule has 0 atom stereocenters. The van der Waals surface area contributed by atoms with E-state index in [9.17, 15) is 0 Å². The van der Waals surface area contributed by atoms with E-state index in [1.807, 2.05) is 23.1 Å². The van der Waals surface area contributed by atoms with Crippen LogP contribution in [0.3, 0.4) is 0 Å². The van der Waals surface area contributed by atoms with E-state index in [4.69, 9.17) is 0 Å². The molecule has 2 aliphatic heterocycles. The number of para-hydroxylation sites is 5. The molecule has 4 heterocycles. The topological polar surface area (TPSA) is 11.4 Å². The van der Waals surface area contributed by atoms with Crippen LogP contribution in [0, 0.1) is 0 Å². The van der Waals surface area contributed by atoms with Crippen molar-refractivity contribution in [2.24, 2.45) is 0 Å². The van der Waals surface area contributed by atoms with Crippen molar-refractivity contribution in [3.05, 3.63) is 194 Å². The normalized spacial score (nSPS) is 12.5. The third-order valence-corrected chi connectivity index (χ3v) is 13.7. The molecule has 0 N–H and O–H groups in total. The Balaban J connectivity index is 1.14. The van der Waals surface area contributed by atoms with Crippen LogP contribution in [0.4, 0.5) is 34.1 Å². The Hall–Kier alpha value is -6.47. The van der Waals surface area contributed by atoms with Gasteiger partial charge in [-0.3, -0.25) is 0 Å². The van der Waals surface area contributed by atoms with E-state index in [2.05, 4.69) is 208 Å². The van der Waals surface area contributed by atoms with E-state index in [-0.39, 0.29) is 6.71 Å². The highest BCUT2D eigenvalue weighted by Crippen LogP contribution is 2.48. The molecule has 56 heavy (non-hydrogen) atoms. The van der Waals surface area contributed by atoms with Crippen molar-refractivity contribution in [2.75, 3.05) is 9.80 Å². The fraction of sp³-hybridized carbons (Fsp3) is 0. The molecule has 3 nitrogen and oxygen atoms in total. The van der Waals surface area contributed by atoms with Crippen LogP contribution in [0.2, 0.25) is 0 Å². The summed E-state index contributed by atoms with van der Waals surface area (Å²) < 4.78 is 5.23. The first-order valence-corrected chi connectivity index (χ1v) is 20.7. The summed E-state index contributed by atoms with van der Waals surface area (Å²) >= 11 is 3.82. The van der Waals surface area contributed by atoms with Gasteiger partial charge in [-0.25, -0.2) is 0 Å². The van der Waals surface area contributed by atoms with E-state index < -0.39 is 0 Å². The lowest BCUT2D eigenvalue weighted by Gasteiger charge is -2.35. The maximum Gasteiger partial charge on any atom is 0.249 e. The molecule has 262 valence electrons. The third-order valence-electron chi connectivity index (χ3n) is 11.4. The lowest BCUT2D eigenvalue weighted by molar-refractivity contribution is 1.16. The number of benzene rings is 8. The minimum absolute atomic E-state index is 0.150. The van der Waals surface area contributed by atoms with Gasteiger partial charge in [0.05, 0.1) is 15.7 Å². The van der Waals surface area contributed by atoms with Crippen LogP contribution >= 0.6 is 23.1 Å². The molecule has 2 aliphatic rings. The van der Waals surface area contributed by atoms with Gasteiger partial charge < -0.3 is 14.4 Å². The zero-order valence-corrected chi connectivity index (χ0v) is 31.8. The maximum atomic E-state index is 2.62. The van der Waals surface area contributed by atoms with Gasteiger partial charge in [-0.05, 0) is 95.9 Å². The lowest BCUT2D eigenvalue weighted by atomic mass is 9.35. The Labute approximate surface area is 333 Å². The molecule has 0 saturated carbocycles. The van der Waals surface area contributed by atoms with Gasteiger partial charge in [0.25, 0.3) is 0 Å². The van der Waals surface area contributed by atoms with Gasteiger partial charge in [0, 0.05) is 65.1 Å². The predicted octanol–water partition coefficient (Wildman–Crippen LogP) is 12.2. The summed E-state index contributed by atoms with van der Waals surface area (Å²) in [4.78, 5) is 7.41. The number of fused-ring (bicyclic) bond motifs is 9. The van der Waals surface area contributed by atoms with Crippen molar-refractivity contribution in [2.45, 2.75) is 9.79 Å². The van der Waals surface area contributed by atoms with Crippen LogP contribution in [0.5, 0.6) is 0 Å². The second kappa shape index (κ2) is 12.5. The number of anilines is 6. The molecular formula is C50H32BN3S2. The molecule has 12 rings (SSSR count). The van der Waals surface area contributed by atoms with E-state index in [1.54, 1.807) is 0 Å². The Morgan fingerprint density at radius 1 is 0.411 bits per heavy atom. The second-order valence-corrected chi connectivity index (χ2v) is 16.6. The second-order valence-electron chi connectivity index (χ2n) is 14.5. The third kappa shape index (κ3) is 4.73. The fourth-order valence-electron chi connectivity index (χ4n) is 9.09. The molecule has 10 aromatic rings. The molecule has 0 bridgehead atoms. The average Bonchev–Trinajstić information content (AvgIpc) is 3.79. The van der Waals surface area contributed by atoms with Crippen molar-refractivity contribution < 1.29 is 0 Å². The molecule has 6 heteroatoms. The van der Waals surface area contributed by atoms with Crippen LogP contribution in [-0.4, -0.2) is 11.3 Å². The van der Waals surface area contributed by atoms with Gasteiger partial charge in [-0.2, -0.15) is 0 Å². The summed E-state index contributed by atoms with van der Waals surface area (Å²) in [5.74, 6) is 0. The van der Waals surface area contributed by atoms with Crippen molar-refractivity contribution in [3.63, 3.8) is 0 Å². The first-order valence-electron chi connectivity index (χ1n) is 19.1. The number of thiophene rings is 1. The number of aromatic nitrogens is 1. The molecule has 0 saturated heterocycles. The number of hydrogen-bond donors (Lipinski definition) is 0.